The first-order valence-corrected chi connectivity index (χ1v) is 9.42. The Hall–Kier alpha value is -2.14. The minimum atomic E-state index is -0.0123. The summed E-state index contributed by atoms with van der Waals surface area (Å²) in [7, 11) is 0. The second kappa shape index (κ2) is 5.99. The van der Waals surface area contributed by atoms with Crippen LogP contribution in [0.1, 0.15) is 29.7 Å². The van der Waals surface area contributed by atoms with Crippen molar-refractivity contribution in [3.05, 3.63) is 57.5 Å². The molecule has 5 rings (SSSR count). The van der Waals surface area contributed by atoms with Crippen molar-refractivity contribution in [3.8, 4) is 0 Å². The summed E-state index contributed by atoms with van der Waals surface area (Å²) in [6, 6.07) is 10.5. The number of benzene rings is 1. The first-order chi connectivity index (χ1) is 12.3. The fourth-order valence-electron chi connectivity index (χ4n) is 4.20. The Kier molecular flexibility index (Phi) is 3.63. The van der Waals surface area contributed by atoms with Gasteiger partial charge in [-0.1, -0.05) is 30.3 Å². The van der Waals surface area contributed by atoms with Crippen molar-refractivity contribution in [1.29, 1.82) is 0 Å². The Morgan fingerprint density at radius 2 is 1.92 bits per heavy atom. The molecule has 3 heterocycles. The summed E-state index contributed by atoms with van der Waals surface area (Å²) in [6.45, 7) is 5.69. The molecule has 2 aromatic rings. The standard InChI is InChI=1S/C20H24N4O/c25-19-17-14-22(12-15-4-2-1-3-5-15)9-8-18(17)24-11-10-23(20(24)21-19)13-16-6-7-16/h1-5,16H,6-14H2. The van der Waals surface area contributed by atoms with Crippen LogP contribution in [0.2, 0.25) is 0 Å². The lowest BCUT2D eigenvalue weighted by atomic mass is 10.1. The van der Waals surface area contributed by atoms with E-state index in [2.05, 4.69) is 43.6 Å². The van der Waals surface area contributed by atoms with Gasteiger partial charge in [-0.15, -0.1) is 0 Å². The largest absolute Gasteiger partial charge is 0.340 e. The number of hydrogen-bond acceptors (Lipinski definition) is 4. The van der Waals surface area contributed by atoms with Crippen molar-refractivity contribution in [2.45, 2.75) is 38.9 Å². The van der Waals surface area contributed by atoms with Gasteiger partial charge in [0.25, 0.3) is 5.56 Å². The topological polar surface area (TPSA) is 41.4 Å². The van der Waals surface area contributed by atoms with E-state index in [1.165, 1.54) is 24.1 Å². The quantitative estimate of drug-likeness (QED) is 0.857. The van der Waals surface area contributed by atoms with Crippen LogP contribution < -0.4 is 10.5 Å². The van der Waals surface area contributed by atoms with E-state index in [0.29, 0.717) is 0 Å². The highest BCUT2D eigenvalue weighted by molar-refractivity contribution is 5.40. The smallest absolute Gasteiger partial charge is 0.279 e. The predicted octanol–water partition coefficient (Wildman–Crippen LogP) is 2.03. The highest BCUT2D eigenvalue weighted by atomic mass is 16.1. The molecule has 1 aromatic heterocycles. The zero-order valence-corrected chi connectivity index (χ0v) is 14.5. The molecule has 1 aromatic carbocycles. The highest BCUT2D eigenvalue weighted by Gasteiger charge is 2.32. The minimum absolute atomic E-state index is 0.0123. The van der Waals surface area contributed by atoms with Crippen LogP contribution in [0.5, 0.6) is 0 Å². The Bertz CT molecular complexity index is 841. The van der Waals surface area contributed by atoms with Crippen LogP contribution in [0, 0.1) is 5.92 Å². The second-order valence-electron chi connectivity index (χ2n) is 7.63. The SMILES string of the molecule is O=c1nc2n(c3c1CN(Cc1ccccc1)CC3)CCN2CC1CC1. The van der Waals surface area contributed by atoms with E-state index >= 15 is 0 Å². The van der Waals surface area contributed by atoms with E-state index in [4.69, 9.17) is 0 Å². The van der Waals surface area contributed by atoms with Crippen LogP contribution in [0.4, 0.5) is 5.95 Å². The van der Waals surface area contributed by atoms with Crippen molar-refractivity contribution < 1.29 is 0 Å². The number of hydrogen-bond donors (Lipinski definition) is 0. The zero-order chi connectivity index (χ0) is 16.8. The average molecular weight is 336 g/mol. The summed E-state index contributed by atoms with van der Waals surface area (Å²) < 4.78 is 2.32. The molecule has 2 aliphatic heterocycles. The van der Waals surface area contributed by atoms with Crippen molar-refractivity contribution in [2.75, 3.05) is 24.5 Å². The van der Waals surface area contributed by atoms with Crippen LogP contribution >= 0.6 is 0 Å². The number of rotatable bonds is 4. The maximum absolute atomic E-state index is 12.7. The van der Waals surface area contributed by atoms with Crippen LogP contribution in [-0.4, -0.2) is 34.1 Å². The molecule has 0 N–H and O–H groups in total. The second-order valence-corrected chi connectivity index (χ2v) is 7.63. The van der Waals surface area contributed by atoms with E-state index in [1.807, 2.05) is 6.07 Å². The van der Waals surface area contributed by atoms with Crippen molar-refractivity contribution in [1.82, 2.24) is 14.5 Å². The van der Waals surface area contributed by atoms with Gasteiger partial charge in [0, 0.05) is 51.4 Å². The fourth-order valence-corrected chi connectivity index (χ4v) is 4.20. The Morgan fingerprint density at radius 3 is 2.72 bits per heavy atom. The van der Waals surface area contributed by atoms with E-state index in [1.54, 1.807) is 0 Å². The molecule has 130 valence electrons. The number of aromatic nitrogens is 2. The first kappa shape index (κ1) is 15.1. The van der Waals surface area contributed by atoms with Gasteiger partial charge in [-0.05, 0) is 24.3 Å². The van der Waals surface area contributed by atoms with E-state index < -0.39 is 0 Å². The molecule has 0 saturated heterocycles. The van der Waals surface area contributed by atoms with Gasteiger partial charge in [-0.3, -0.25) is 9.69 Å². The molecule has 0 atom stereocenters. The van der Waals surface area contributed by atoms with Gasteiger partial charge in [-0.25, -0.2) is 0 Å². The molecule has 0 bridgehead atoms. The van der Waals surface area contributed by atoms with Crippen molar-refractivity contribution in [2.24, 2.45) is 5.92 Å². The molecule has 5 nitrogen and oxygen atoms in total. The van der Waals surface area contributed by atoms with Gasteiger partial charge in [-0.2, -0.15) is 4.98 Å². The number of nitrogens with zero attached hydrogens (tertiary/aromatic N) is 4. The van der Waals surface area contributed by atoms with Crippen molar-refractivity contribution >= 4 is 5.95 Å². The molecule has 3 aliphatic rings. The molecule has 1 fully saturated rings. The maximum Gasteiger partial charge on any atom is 0.279 e. The lowest BCUT2D eigenvalue weighted by molar-refractivity contribution is 0.239. The van der Waals surface area contributed by atoms with E-state index in [9.17, 15) is 4.79 Å². The third-order valence-electron chi connectivity index (χ3n) is 5.72. The van der Waals surface area contributed by atoms with Gasteiger partial charge >= 0.3 is 0 Å². The Balaban J connectivity index is 1.40. The summed E-state index contributed by atoms with van der Waals surface area (Å²) in [5.74, 6) is 1.74. The number of anilines is 1. The zero-order valence-electron chi connectivity index (χ0n) is 14.5. The van der Waals surface area contributed by atoms with Crippen LogP contribution in [-0.2, 0) is 26.1 Å². The molecule has 0 unspecified atom stereocenters. The Morgan fingerprint density at radius 1 is 1.08 bits per heavy atom. The Labute approximate surface area is 147 Å². The van der Waals surface area contributed by atoms with Gasteiger partial charge in [0.2, 0.25) is 5.95 Å². The van der Waals surface area contributed by atoms with E-state index in [0.717, 1.165) is 63.1 Å². The minimum Gasteiger partial charge on any atom is -0.340 e. The normalized spacial score (nSPS) is 19.8. The average Bonchev–Trinajstić information content (AvgIpc) is 3.36. The summed E-state index contributed by atoms with van der Waals surface area (Å²) in [6.07, 6.45) is 3.62. The molecule has 0 amide bonds. The molecule has 0 radical (unpaired) electrons. The third-order valence-corrected chi connectivity index (χ3v) is 5.72. The maximum atomic E-state index is 12.7. The summed E-state index contributed by atoms with van der Waals surface area (Å²) in [5, 5.41) is 0. The van der Waals surface area contributed by atoms with Crippen LogP contribution in [0.15, 0.2) is 35.1 Å². The molecule has 1 saturated carbocycles. The lowest BCUT2D eigenvalue weighted by Gasteiger charge is -2.30. The van der Waals surface area contributed by atoms with Gasteiger partial charge < -0.3 is 9.47 Å². The molecule has 0 spiro atoms. The molecule has 25 heavy (non-hydrogen) atoms. The van der Waals surface area contributed by atoms with Gasteiger partial charge in [0.1, 0.15) is 0 Å². The summed E-state index contributed by atoms with van der Waals surface area (Å²) in [4.78, 5) is 21.9. The number of fused-ring (bicyclic) bond motifs is 3. The van der Waals surface area contributed by atoms with Gasteiger partial charge in [0.05, 0.1) is 5.56 Å². The predicted molar refractivity (Wildman–Crippen MR) is 97.7 cm³/mol. The summed E-state index contributed by atoms with van der Waals surface area (Å²) >= 11 is 0. The highest BCUT2D eigenvalue weighted by Crippen LogP contribution is 2.33. The monoisotopic (exact) mass is 336 g/mol. The molecular weight excluding hydrogens is 312 g/mol. The third kappa shape index (κ3) is 2.86. The van der Waals surface area contributed by atoms with Crippen molar-refractivity contribution in [3.63, 3.8) is 0 Å². The molecule has 5 heteroatoms. The van der Waals surface area contributed by atoms with Crippen LogP contribution in [0.25, 0.3) is 0 Å². The lowest BCUT2D eigenvalue weighted by Crippen LogP contribution is -2.37. The molecular formula is C20H24N4O. The van der Waals surface area contributed by atoms with Gasteiger partial charge in [0.15, 0.2) is 0 Å². The summed E-state index contributed by atoms with van der Waals surface area (Å²) in [5.41, 5.74) is 3.44. The molecule has 1 aliphatic carbocycles. The fraction of sp³-hybridized carbons (Fsp3) is 0.500. The van der Waals surface area contributed by atoms with E-state index in [-0.39, 0.29) is 5.56 Å². The van der Waals surface area contributed by atoms with Crippen LogP contribution in [0.3, 0.4) is 0 Å². The first-order valence-electron chi connectivity index (χ1n) is 9.42.